The van der Waals surface area contributed by atoms with Gasteiger partial charge in [-0.1, -0.05) is 35.9 Å². The average Bonchev–Trinajstić information content (AvgIpc) is 2.99. The fourth-order valence-corrected chi connectivity index (χ4v) is 3.55. The van der Waals surface area contributed by atoms with Gasteiger partial charge in [0, 0.05) is 10.7 Å². The minimum Gasteiger partial charge on any atom is -0.496 e. The highest BCUT2D eigenvalue weighted by Crippen LogP contribution is 2.27. The number of carbonyl (C=O) groups is 3. The van der Waals surface area contributed by atoms with Crippen LogP contribution in [0.3, 0.4) is 0 Å². The lowest BCUT2D eigenvalue weighted by molar-refractivity contribution is 0.0642. The molecule has 0 unspecified atom stereocenters. The summed E-state index contributed by atoms with van der Waals surface area (Å²) in [6, 6.07) is 18.5. The Morgan fingerprint density at radius 1 is 0.967 bits per heavy atom. The number of ether oxygens (including phenoxy) is 1. The number of methoxy groups -OCH3 is 1. The monoisotopic (exact) mass is 420 g/mol. The molecule has 0 atom stereocenters. The molecule has 150 valence electrons. The van der Waals surface area contributed by atoms with Crippen LogP contribution in [-0.4, -0.2) is 29.7 Å². The van der Waals surface area contributed by atoms with Crippen molar-refractivity contribution in [1.29, 1.82) is 0 Å². The molecule has 0 aliphatic carbocycles. The van der Waals surface area contributed by atoms with Crippen LogP contribution in [0.1, 0.15) is 36.6 Å². The second-order valence-corrected chi connectivity index (χ2v) is 7.18. The Morgan fingerprint density at radius 3 is 2.30 bits per heavy atom. The molecule has 6 nitrogen and oxygen atoms in total. The number of amides is 3. The second kappa shape index (κ2) is 8.00. The maximum absolute atomic E-state index is 12.8. The summed E-state index contributed by atoms with van der Waals surface area (Å²) in [7, 11) is 1.47. The number of carbonyl (C=O) groups excluding carboxylic acids is 3. The van der Waals surface area contributed by atoms with E-state index in [1.54, 1.807) is 66.7 Å². The first kappa shape index (κ1) is 19.7. The zero-order chi connectivity index (χ0) is 21.3. The van der Waals surface area contributed by atoms with Gasteiger partial charge in [0.1, 0.15) is 5.75 Å². The molecule has 0 aromatic heterocycles. The van der Waals surface area contributed by atoms with Crippen molar-refractivity contribution in [3.8, 4) is 5.75 Å². The molecule has 0 saturated heterocycles. The fraction of sp³-hybridized carbons (Fsp3) is 0.0870. The van der Waals surface area contributed by atoms with Crippen LogP contribution in [0.25, 0.3) is 0 Å². The van der Waals surface area contributed by atoms with Gasteiger partial charge >= 0.3 is 0 Å². The number of halogens is 1. The predicted molar refractivity (Wildman–Crippen MR) is 113 cm³/mol. The highest BCUT2D eigenvalue weighted by atomic mass is 35.5. The molecule has 0 fully saturated rings. The summed E-state index contributed by atoms with van der Waals surface area (Å²) in [5.74, 6) is -0.716. The number of imide groups is 1. The van der Waals surface area contributed by atoms with Crippen LogP contribution in [0.4, 0.5) is 5.69 Å². The Kier molecular flexibility index (Phi) is 5.25. The van der Waals surface area contributed by atoms with Crippen molar-refractivity contribution < 1.29 is 19.1 Å². The van der Waals surface area contributed by atoms with E-state index in [0.717, 1.165) is 0 Å². The molecule has 0 saturated carbocycles. The van der Waals surface area contributed by atoms with E-state index in [1.807, 2.05) is 0 Å². The van der Waals surface area contributed by atoms with Gasteiger partial charge in [-0.3, -0.25) is 19.3 Å². The number of anilines is 1. The van der Waals surface area contributed by atoms with Gasteiger partial charge in [0.25, 0.3) is 17.7 Å². The molecule has 3 amide bonds. The topological polar surface area (TPSA) is 75.7 Å². The molecule has 7 heteroatoms. The van der Waals surface area contributed by atoms with Crippen LogP contribution in [0, 0.1) is 0 Å². The van der Waals surface area contributed by atoms with Gasteiger partial charge in [0.05, 0.1) is 30.3 Å². The fourth-order valence-electron chi connectivity index (χ4n) is 3.36. The van der Waals surface area contributed by atoms with Gasteiger partial charge in [0.2, 0.25) is 0 Å². The quantitative estimate of drug-likeness (QED) is 0.621. The van der Waals surface area contributed by atoms with Crippen molar-refractivity contribution in [1.82, 2.24) is 4.90 Å². The summed E-state index contributed by atoms with van der Waals surface area (Å²) in [6.07, 6.45) is 0. The van der Waals surface area contributed by atoms with Crippen LogP contribution in [0.15, 0.2) is 66.7 Å². The number of fused-ring (bicyclic) bond motifs is 1. The van der Waals surface area contributed by atoms with E-state index in [1.165, 1.54) is 12.0 Å². The van der Waals surface area contributed by atoms with Gasteiger partial charge in [0.15, 0.2) is 0 Å². The maximum Gasteiger partial charge on any atom is 0.261 e. The molecular formula is C23H17ClN2O4. The number of rotatable bonds is 5. The SMILES string of the molecule is COc1ccc(CN2C(=O)c3ccccc3C2=O)cc1C(=O)Nc1cccc(Cl)c1. The van der Waals surface area contributed by atoms with Crippen molar-refractivity contribution in [2.45, 2.75) is 6.54 Å². The van der Waals surface area contributed by atoms with Crippen LogP contribution in [-0.2, 0) is 6.54 Å². The third-order valence-corrected chi connectivity index (χ3v) is 5.04. The lowest BCUT2D eigenvalue weighted by Crippen LogP contribution is -2.29. The Bertz CT molecular complexity index is 1140. The lowest BCUT2D eigenvalue weighted by atomic mass is 10.1. The molecule has 3 aromatic carbocycles. The zero-order valence-corrected chi connectivity index (χ0v) is 16.8. The first-order valence-electron chi connectivity index (χ1n) is 9.17. The van der Waals surface area contributed by atoms with Crippen LogP contribution >= 0.6 is 11.6 Å². The van der Waals surface area contributed by atoms with Gasteiger partial charge in [-0.05, 0) is 48.0 Å². The van der Waals surface area contributed by atoms with Crippen LogP contribution in [0.5, 0.6) is 5.75 Å². The minimum atomic E-state index is -0.390. The Labute approximate surface area is 178 Å². The molecule has 4 rings (SSSR count). The molecule has 0 radical (unpaired) electrons. The lowest BCUT2D eigenvalue weighted by Gasteiger charge is -2.16. The highest BCUT2D eigenvalue weighted by Gasteiger charge is 2.35. The summed E-state index contributed by atoms with van der Waals surface area (Å²) in [4.78, 5) is 39.2. The predicted octanol–water partition coefficient (Wildman–Crippen LogP) is 4.40. The van der Waals surface area contributed by atoms with E-state index in [-0.39, 0.29) is 23.9 Å². The van der Waals surface area contributed by atoms with E-state index < -0.39 is 5.91 Å². The molecule has 30 heavy (non-hydrogen) atoms. The molecule has 1 heterocycles. The number of hydrogen-bond acceptors (Lipinski definition) is 4. The van der Waals surface area contributed by atoms with E-state index in [9.17, 15) is 14.4 Å². The molecule has 0 spiro atoms. The smallest absolute Gasteiger partial charge is 0.261 e. The van der Waals surface area contributed by atoms with Crippen molar-refractivity contribution in [2.24, 2.45) is 0 Å². The largest absolute Gasteiger partial charge is 0.496 e. The van der Waals surface area contributed by atoms with E-state index >= 15 is 0 Å². The Hall–Kier alpha value is -3.64. The minimum absolute atomic E-state index is 0.0494. The molecular weight excluding hydrogens is 404 g/mol. The average molecular weight is 421 g/mol. The first-order valence-corrected chi connectivity index (χ1v) is 9.55. The number of benzene rings is 3. The van der Waals surface area contributed by atoms with Crippen molar-refractivity contribution in [2.75, 3.05) is 12.4 Å². The number of nitrogens with zero attached hydrogens (tertiary/aromatic N) is 1. The highest BCUT2D eigenvalue weighted by molar-refractivity contribution is 6.31. The van der Waals surface area contributed by atoms with E-state index in [2.05, 4.69) is 5.32 Å². The van der Waals surface area contributed by atoms with Gasteiger partial charge in [-0.25, -0.2) is 0 Å². The summed E-state index contributed by atoms with van der Waals surface area (Å²) in [6.45, 7) is 0.0494. The molecule has 1 N–H and O–H groups in total. The maximum atomic E-state index is 12.8. The third-order valence-electron chi connectivity index (χ3n) is 4.81. The Balaban J connectivity index is 1.60. The molecule has 3 aromatic rings. The number of hydrogen-bond donors (Lipinski definition) is 1. The van der Waals surface area contributed by atoms with E-state index in [4.69, 9.17) is 16.3 Å². The van der Waals surface area contributed by atoms with Crippen LogP contribution < -0.4 is 10.1 Å². The summed E-state index contributed by atoms with van der Waals surface area (Å²) >= 11 is 5.97. The summed E-state index contributed by atoms with van der Waals surface area (Å²) in [5.41, 5.74) is 2.22. The third kappa shape index (κ3) is 3.65. The van der Waals surface area contributed by atoms with Gasteiger partial charge in [-0.15, -0.1) is 0 Å². The normalized spacial score (nSPS) is 12.7. The molecule has 0 bridgehead atoms. The second-order valence-electron chi connectivity index (χ2n) is 6.74. The zero-order valence-electron chi connectivity index (χ0n) is 16.0. The standard InChI is InChI=1S/C23H17ClN2O4/c1-30-20-10-9-14(11-19(20)21(27)25-16-6-4-5-15(24)12-16)13-26-22(28)17-7-2-3-8-18(17)23(26)29/h2-12H,13H2,1H3,(H,25,27). The summed E-state index contributed by atoms with van der Waals surface area (Å²) < 4.78 is 5.31. The van der Waals surface area contributed by atoms with Crippen molar-refractivity contribution in [3.05, 3.63) is 94.0 Å². The van der Waals surface area contributed by atoms with Crippen molar-refractivity contribution >= 4 is 35.0 Å². The van der Waals surface area contributed by atoms with Crippen LogP contribution in [0.2, 0.25) is 5.02 Å². The van der Waals surface area contributed by atoms with Crippen molar-refractivity contribution in [3.63, 3.8) is 0 Å². The van der Waals surface area contributed by atoms with Gasteiger partial charge < -0.3 is 10.1 Å². The first-order chi connectivity index (χ1) is 14.5. The summed E-state index contributed by atoms with van der Waals surface area (Å²) in [5, 5.41) is 3.27. The molecule has 1 aliphatic heterocycles. The van der Waals surface area contributed by atoms with E-state index in [0.29, 0.717) is 33.1 Å². The Morgan fingerprint density at radius 2 is 1.67 bits per heavy atom. The van der Waals surface area contributed by atoms with Gasteiger partial charge in [-0.2, -0.15) is 0 Å². The number of nitrogens with one attached hydrogen (secondary N) is 1. The molecule has 1 aliphatic rings.